The lowest BCUT2D eigenvalue weighted by Gasteiger charge is -2.36. The van der Waals surface area contributed by atoms with Gasteiger partial charge in [-0.05, 0) is 32.2 Å². The minimum absolute atomic E-state index is 0.172. The lowest BCUT2D eigenvalue weighted by atomic mass is 9.94. The zero-order valence-electron chi connectivity index (χ0n) is 10.0. The fourth-order valence-corrected chi connectivity index (χ4v) is 2.91. The Morgan fingerprint density at radius 3 is 3.00 bits per heavy atom. The van der Waals surface area contributed by atoms with Gasteiger partial charge in [0.25, 0.3) is 0 Å². The third kappa shape index (κ3) is 2.23. The van der Waals surface area contributed by atoms with Gasteiger partial charge in [0, 0.05) is 12.5 Å². The Hall–Kier alpha value is -0.610. The molecule has 0 aromatic heterocycles. The van der Waals surface area contributed by atoms with Crippen molar-refractivity contribution < 1.29 is 9.53 Å². The molecule has 1 saturated heterocycles. The fourth-order valence-electron chi connectivity index (χ4n) is 2.91. The molecule has 0 aromatic carbocycles. The first-order chi connectivity index (χ1) is 7.74. The van der Waals surface area contributed by atoms with Crippen LogP contribution in [0.2, 0.25) is 0 Å². The number of nitrogens with zero attached hydrogens (tertiary/aromatic N) is 1. The molecule has 1 heterocycles. The SMILES string of the molecule is CC1COCCN1C(=O)C1CCCC1CN. The number of morpholine rings is 1. The number of ether oxygens (including phenoxy) is 1. The predicted octanol–water partition coefficient (Wildman–Crippen LogP) is 0.609. The monoisotopic (exact) mass is 226 g/mol. The van der Waals surface area contributed by atoms with Crippen molar-refractivity contribution in [3.63, 3.8) is 0 Å². The molecule has 0 bridgehead atoms. The van der Waals surface area contributed by atoms with Gasteiger partial charge in [0.15, 0.2) is 0 Å². The van der Waals surface area contributed by atoms with Gasteiger partial charge >= 0.3 is 0 Å². The van der Waals surface area contributed by atoms with Gasteiger partial charge in [0.2, 0.25) is 5.91 Å². The van der Waals surface area contributed by atoms with Crippen LogP contribution in [0.3, 0.4) is 0 Å². The first-order valence-electron chi connectivity index (χ1n) is 6.32. The van der Waals surface area contributed by atoms with Gasteiger partial charge in [-0.1, -0.05) is 6.42 Å². The Morgan fingerprint density at radius 2 is 2.31 bits per heavy atom. The number of carbonyl (C=O) groups is 1. The molecule has 3 unspecified atom stereocenters. The van der Waals surface area contributed by atoms with Crippen LogP contribution in [0.4, 0.5) is 0 Å². The van der Waals surface area contributed by atoms with Crippen molar-refractivity contribution in [2.24, 2.45) is 17.6 Å². The topological polar surface area (TPSA) is 55.6 Å². The minimum atomic E-state index is 0.172. The molecule has 92 valence electrons. The molecule has 1 saturated carbocycles. The van der Waals surface area contributed by atoms with Gasteiger partial charge in [0.1, 0.15) is 0 Å². The first-order valence-corrected chi connectivity index (χ1v) is 6.32. The third-order valence-electron chi connectivity index (χ3n) is 3.93. The van der Waals surface area contributed by atoms with Crippen LogP contribution < -0.4 is 5.73 Å². The minimum Gasteiger partial charge on any atom is -0.377 e. The maximum absolute atomic E-state index is 12.4. The van der Waals surface area contributed by atoms with Crippen LogP contribution in [0.25, 0.3) is 0 Å². The summed E-state index contributed by atoms with van der Waals surface area (Å²) in [4.78, 5) is 14.4. The van der Waals surface area contributed by atoms with Gasteiger partial charge in [-0.15, -0.1) is 0 Å². The molecular weight excluding hydrogens is 204 g/mol. The third-order valence-corrected chi connectivity index (χ3v) is 3.93. The van der Waals surface area contributed by atoms with E-state index in [1.807, 2.05) is 4.90 Å². The van der Waals surface area contributed by atoms with E-state index >= 15 is 0 Å². The zero-order valence-corrected chi connectivity index (χ0v) is 10.0. The Kier molecular flexibility index (Phi) is 3.82. The molecule has 2 rings (SSSR count). The summed E-state index contributed by atoms with van der Waals surface area (Å²) in [6.07, 6.45) is 3.29. The van der Waals surface area contributed by atoms with Gasteiger partial charge in [0.05, 0.1) is 19.3 Å². The van der Waals surface area contributed by atoms with E-state index in [-0.39, 0.29) is 12.0 Å². The predicted molar refractivity (Wildman–Crippen MR) is 61.9 cm³/mol. The van der Waals surface area contributed by atoms with E-state index in [1.54, 1.807) is 0 Å². The molecule has 0 spiro atoms. The molecular formula is C12H22N2O2. The Balaban J connectivity index is 2.00. The maximum Gasteiger partial charge on any atom is 0.226 e. The normalized spacial score (nSPS) is 35.4. The van der Waals surface area contributed by atoms with E-state index in [9.17, 15) is 4.79 Å². The molecule has 1 amide bonds. The van der Waals surface area contributed by atoms with Crippen LogP contribution >= 0.6 is 0 Å². The summed E-state index contributed by atoms with van der Waals surface area (Å²) in [5.74, 6) is 0.886. The summed E-state index contributed by atoms with van der Waals surface area (Å²) < 4.78 is 5.36. The van der Waals surface area contributed by atoms with E-state index in [0.717, 1.165) is 25.8 Å². The van der Waals surface area contributed by atoms with Crippen molar-refractivity contribution in [2.45, 2.75) is 32.2 Å². The second-order valence-electron chi connectivity index (χ2n) is 4.99. The number of amides is 1. The standard InChI is InChI=1S/C12H22N2O2/c1-9-8-16-6-5-14(9)12(15)11-4-2-3-10(11)7-13/h9-11H,2-8,13H2,1H3. The van der Waals surface area contributed by atoms with Crippen LogP contribution in [-0.4, -0.2) is 43.2 Å². The molecule has 2 N–H and O–H groups in total. The fraction of sp³-hybridized carbons (Fsp3) is 0.917. The molecule has 4 heteroatoms. The molecule has 3 atom stereocenters. The number of rotatable bonds is 2. The van der Waals surface area contributed by atoms with E-state index in [1.165, 1.54) is 0 Å². The molecule has 16 heavy (non-hydrogen) atoms. The van der Waals surface area contributed by atoms with Crippen molar-refractivity contribution in [1.29, 1.82) is 0 Å². The van der Waals surface area contributed by atoms with Crippen molar-refractivity contribution in [3.05, 3.63) is 0 Å². The highest BCUT2D eigenvalue weighted by Gasteiger charge is 2.36. The molecule has 0 aromatic rings. The summed E-state index contributed by atoms with van der Waals surface area (Å²) >= 11 is 0. The van der Waals surface area contributed by atoms with Crippen molar-refractivity contribution in [1.82, 2.24) is 4.90 Å². The number of hydrogen-bond acceptors (Lipinski definition) is 3. The number of nitrogens with two attached hydrogens (primary N) is 1. The second-order valence-corrected chi connectivity index (χ2v) is 4.99. The van der Waals surface area contributed by atoms with Crippen LogP contribution in [0, 0.1) is 11.8 Å². The highest BCUT2D eigenvalue weighted by Crippen LogP contribution is 2.33. The molecule has 2 aliphatic rings. The first kappa shape index (κ1) is 11.9. The second kappa shape index (κ2) is 5.15. The van der Waals surface area contributed by atoms with Crippen LogP contribution in [0.1, 0.15) is 26.2 Å². The maximum atomic E-state index is 12.4. The van der Waals surface area contributed by atoms with Gasteiger partial charge in [-0.2, -0.15) is 0 Å². The molecule has 2 fully saturated rings. The zero-order chi connectivity index (χ0) is 11.5. The van der Waals surface area contributed by atoms with E-state index in [0.29, 0.717) is 31.6 Å². The average molecular weight is 226 g/mol. The summed E-state index contributed by atoms with van der Waals surface area (Å²) in [7, 11) is 0. The van der Waals surface area contributed by atoms with Crippen LogP contribution in [0.15, 0.2) is 0 Å². The highest BCUT2D eigenvalue weighted by molar-refractivity contribution is 5.80. The Bertz CT molecular complexity index is 253. The molecule has 1 aliphatic carbocycles. The summed E-state index contributed by atoms with van der Waals surface area (Å²) in [6.45, 7) is 4.80. The van der Waals surface area contributed by atoms with Crippen LogP contribution in [-0.2, 0) is 9.53 Å². The molecule has 0 radical (unpaired) electrons. The van der Waals surface area contributed by atoms with Gasteiger partial charge in [-0.3, -0.25) is 4.79 Å². The quantitative estimate of drug-likeness (QED) is 0.750. The van der Waals surface area contributed by atoms with E-state index in [4.69, 9.17) is 10.5 Å². The van der Waals surface area contributed by atoms with Gasteiger partial charge in [-0.25, -0.2) is 0 Å². The number of hydrogen-bond donors (Lipinski definition) is 1. The Labute approximate surface area is 97.1 Å². The van der Waals surface area contributed by atoms with E-state index < -0.39 is 0 Å². The lowest BCUT2D eigenvalue weighted by molar-refractivity contribution is -0.144. The van der Waals surface area contributed by atoms with Crippen molar-refractivity contribution in [2.75, 3.05) is 26.3 Å². The van der Waals surface area contributed by atoms with Crippen molar-refractivity contribution in [3.8, 4) is 0 Å². The van der Waals surface area contributed by atoms with Gasteiger partial charge < -0.3 is 15.4 Å². The summed E-state index contributed by atoms with van der Waals surface area (Å²) in [5.41, 5.74) is 5.73. The lowest BCUT2D eigenvalue weighted by Crippen LogP contribution is -2.50. The highest BCUT2D eigenvalue weighted by atomic mass is 16.5. The smallest absolute Gasteiger partial charge is 0.226 e. The number of carbonyl (C=O) groups excluding carboxylic acids is 1. The average Bonchev–Trinajstić information content (AvgIpc) is 2.77. The van der Waals surface area contributed by atoms with E-state index in [2.05, 4.69) is 6.92 Å². The largest absolute Gasteiger partial charge is 0.377 e. The molecule has 1 aliphatic heterocycles. The van der Waals surface area contributed by atoms with Crippen molar-refractivity contribution >= 4 is 5.91 Å². The summed E-state index contributed by atoms with van der Waals surface area (Å²) in [6, 6.07) is 0.222. The van der Waals surface area contributed by atoms with Crippen LogP contribution in [0.5, 0.6) is 0 Å². The summed E-state index contributed by atoms with van der Waals surface area (Å²) in [5, 5.41) is 0. The molecule has 4 nitrogen and oxygen atoms in total. The Morgan fingerprint density at radius 1 is 1.50 bits per heavy atom.